The second kappa shape index (κ2) is 6.82. The fraction of sp³-hybridized carbons (Fsp3) is 0.538. The van der Waals surface area contributed by atoms with Crippen molar-refractivity contribution in [2.75, 3.05) is 25.0 Å². The highest BCUT2D eigenvalue weighted by Crippen LogP contribution is 2.18. The van der Waals surface area contributed by atoms with E-state index < -0.39 is 18.9 Å². The van der Waals surface area contributed by atoms with Crippen LogP contribution >= 0.6 is 0 Å². The minimum absolute atomic E-state index is 0.177. The van der Waals surface area contributed by atoms with Crippen LogP contribution in [0.1, 0.15) is 12.8 Å². The van der Waals surface area contributed by atoms with Gasteiger partial charge in [-0.1, -0.05) is 0 Å². The van der Waals surface area contributed by atoms with E-state index in [9.17, 15) is 23.1 Å². The van der Waals surface area contributed by atoms with Gasteiger partial charge in [0.25, 0.3) is 0 Å². The Bertz CT molecular complexity index is 507. The molecule has 0 spiro atoms. The quantitative estimate of drug-likeness (QED) is 0.894. The third-order valence-electron chi connectivity index (χ3n) is 3.06. The summed E-state index contributed by atoms with van der Waals surface area (Å²) < 4.78 is 40.5. The molecule has 0 bridgehead atoms. The van der Waals surface area contributed by atoms with E-state index in [0.717, 1.165) is 6.42 Å². The minimum atomic E-state index is -4.43. The van der Waals surface area contributed by atoms with E-state index in [1.807, 2.05) is 0 Å². The molecule has 1 aliphatic heterocycles. The van der Waals surface area contributed by atoms with Gasteiger partial charge in [0.05, 0.1) is 18.0 Å². The molecule has 0 unspecified atom stereocenters. The summed E-state index contributed by atoms with van der Waals surface area (Å²) in [6, 6.07) is 2.26. The van der Waals surface area contributed by atoms with E-state index in [2.05, 4.69) is 15.0 Å². The molecule has 22 heavy (non-hydrogen) atoms. The number of nitrogens with zero attached hydrogens (tertiary/aromatic N) is 2. The van der Waals surface area contributed by atoms with Crippen LogP contribution in [0.2, 0.25) is 0 Å². The highest BCUT2D eigenvalue weighted by molar-refractivity contribution is 5.89. The molecular weight excluding hydrogens is 303 g/mol. The maximum Gasteiger partial charge on any atom is 0.422 e. The number of piperidine rings is 1. The lowest BCUT2D eigenvalue weighted by atomic mass is 10.1. The van der Waals surface area contributed by atoms with Gasteiger partial charge >= 0.3 is 12.2 Å². The lowest BCUT2D eigenvalue weighted by Crippen LogP contribution is -2.44. The Morgan fingerprint density at radius 1 is 1.50 bits per heavy atom. The number of aliphatic hydroxyl groups is 1. The number of urea groups is 1. The van der Waals surface area contributed by atoms with Gasteiger partial charge in [-0.05, 0) is 18.9 Å². The molecule has 1 aliphatic rings. The maximum absolute atomic E-state index is 12.0. The first-order chi connectivity index (χ1) is 10.3. The molecule has 0 aliphatic carbocycles. The number of halogens is 3. The monoisotopic (exact) mass is 319 g/mol. The van der Waals surface area contributed by atoms with Crippen molar-refractivity contribution in [2.45, 2.75) is 25.1 Å². The molecule has 1 fully saturated rings. The van der Waals surface area contributed by atoms with Crippen molar-refractivity contribution >= 4 is 11.7 Å². The van der Waals surface area contributed by atoms with Crippen LogP contribution in [0.4, 0.5) is 23.7 Å². The Hall–Kier alpha value is -2.03. The fourth-order valence-electron chi connectivity index (χ4n) is 2.04. The van der Waals surface area contributed by atoms with Crippen LogP contribution in [0.15, 0.2) is 18.3 Å². The number of carbonyl (C=O) groups excluding carboxylic acids is 1. The number of aliphatic hydroxyl groups excluding tert-OH is 1. The molecule has 122 valence electrons. The number of likely N-dealkylation sites (tertiary alicyclic amines) is 1. The summed E-state index contributed by atoms with van der Waals surface area (Å²) in [7, 11) is 0. The van der Waals surface area contributed by atoms with Crippen molar-refractivity contribution in [2.24, 2.45) is 0 Å². The molecule has 1 atom stereocenters. The number of hydrogen-bond donors (Lipinski definition) is 2. The number of alkyl halides is 3. The minimum Gasteiger partial charge on any atom is -0.468 e. The smallest absolute Gasteiger partial charge is 0.422 e. The molecule has 2 rings (SSSR count). The molecule has 2 N–H and O–H groups in total. The van der Waals surface area contributed by atoms with Crippen LogP contribution < -0.4 is 10.1 Å². The lowest BCUT2D eigenvalue weighted by molar-refractivity contribution is -0.154. The Kier molecular flexibility index (Phi) is 5.07. The first kappa shape index (κ1) is 16.3. The number of pyridine rings is 1. The van der Waals surface area contributed by atoms with E-state index in [4.69, 9.17) is 0 Å². The van der Waals surface area contributed by atoms with Crippen LogP contribution in [0, 0.1) is 0 Å². The van der Waals surface area contributed by atoms with Gasteiger partial charge in [0.2, 0.25) is 5.88 Å². The lowest BCUT2D eigenvalue weighted by Gasteiger charge is -2.30. The number of ether oxygens (including phenoxy) is 1. The number of rotatable bonds is 3. The molecule has 0 radical (unpaired) electrons. The molecule has 2 amide bonds. The molecule has 1 saturated heterocycles. The molecule has 1 aromatic heterocycles. The van der Waals surface area contributed by atoms with E-state index in [1.165, 1.54) is 23.2 Å². The SMILES string of the molecule is O=C(Nc1ccc(OCC(F)(F)F)nc1)N1CCC[C@@H](O)C1. The molecular formula is C13H16F3N3O3. The molecule has 2 heterocycles. The van der Waals surface area contributed by atoms with E-state index in [1.54, 1.807) is 0 Å². The molecule has 0 saturated carbocycles. The number of carbonyl (C=O) groups is 1. The Labute approximate surface area is 124 Å². The van der Waals surface area contributed by atoms with Gasteiger partial charge in [0, 0.05) is 19.2 Å². The van der Waals surface area contributed by atoms with Gasteiger partial charge < -0.3 is 20.1 Å². The Balaban J connectivity index is 1.86. The van der Waals surface area contributed by atoms with Crippen LogP contribution in [0.25, 0.3) is 0 Å². The second-order valence-electron chi connectivity index (χ2n) is 4.96. The summed E-state index contributed by atoms with van der Waals surface area (Å²) in [6.45, 7) is -0.619. The number of anilines is 1. The van der Waals surface area contributed by atoms with Crippen LogP contribution in [-0.2, 0) is 0 Å². The first-order valence-electron chi connectivity index (χ1n) is 6.73. The van der Waals surface area contributed by atoms with Gasteiger partial charge in [0.15, 0.2) is 6.61 Å². The number of hydrogen-bond acceptors (Lipinski definition) is 4. The summed E-state index contributed by atoms with van der Waals surface area (Å²) in [5.74, 6) is -0.177. The van der Waals surface area contributed by atoms with Crippen LogP contribution in [-0.4, -0.2) is 53.0 Å². The number of amides is 2. The van der Waals surface area contributed by atoms with Crippen LogP contribution in [0.5, 0.6) is 5.88 Å². The van der Waals surface area contributed by atoms with E-state index in [-0.39, 0.29) is 18.5 Å². The Morgan fingerprint density at radius 2 is 2.27 bits per heavy atom. The summed E-state index contributed by atoms with van der Waals surface area (Å²) in [5, 5.41) is 12.1. The molecule has 1 aromatic rings. The van der Waals surface area contributed by atoms with Gasteiger partial charge in [-0.15, -0.1) is 0 Å². The van der Waals surface area contributed by atoms with Gasteiger partial charge in [-0.25, -0.2) is 9.78 Å². The highest BCUT2D eigenvalue weighted by atomic mass is 19.4. The molecule has 6 nitrogen and oxygen atoms in total. The average Bonchev–Trinajstić information content (AvgIpc) is 2.46. The van der Waals surface area contributed by atoms with Gasteiger partial charge in [0.1, 0.15) is 0 Å². The predicted molar refractivity (Wildman–Crippen MR) is 71.6 cm³/mol. The zero-order valence-electron chi connectivity index (χ0n) is 11.6. The second-order valence-corrected chi connectivity index (χ2v) is 4.96. The molecule has 9 heteroatoms. The van der Waals surface area contributed by atoms with Crippen molar-refractivity contribution < 1.29 is 27.8 Å². The zero-order chi connectivity index (χ0) is 16.2. The summed E-state index contributed by atoms with van der Waals surface area (Å²) in [6.07, 6.45) is -2.36. The number of β-amino-alcohol motifs (C(OH)–C–C–N with tert-alkyl or cyclic N) is 1. The summed E-state index contributed by atoms with van der Waals surface area (Å²) in [4.78, 5) is 17.1. The maximum atomic E-state index is 12.0. The standard InChI is InChI=1S/C13H16F3N3O3/c14-13(15,16)8-22-11-4-3-9(6-17-11)18-12(21)19-5-1-2-10(20)7-19/h3-4,6,10,20H,1-2,5,7-8H2,(H,18,21)/t10-/m1/s1. The summed E-state index contributed by atoms with van der Waals surface area (Å²) >= 11 is 0. The number of nitrogens with one attached hydrogen (secondary N) is 1. The van der Waals surface area contributed by atoms with Crippen molar-refractivity contribution in [3.8, 4) is 5.88 Å². The highest BCUT2D eigenvalue weighted by Gasteiger charge is 2.28. The van der Waals surface area contributed by atoms with Gasteiger partial charge in [-0.3, -0.25) is 0 Å². The largest absolute Gasteiger partial charge is 0.468 e. The topological polar surface area (TPSA) is 74.7 Å². The fourth-order valence-corrected chi connectivity index (χ4v) is 2.04. The van der Waals surface area contributed by atoms with Crippen molar-refractivity contribution in [3.63, 3.8) is 0 Å². The molecule has 0 aromatic carbocycles. The van der Waals surface area contributed by atoms with Crippen molar-refractivity contribution in [3.05, 3.63) is 18.3 Å². The number of aromatic nitrogens is 1. The normalized spacial score (nSPS) is 18.9. The van der Waals surface area contributed by atoms with E-state index in [0.29, 0.717) is 18.7 Å². The van der Waals surface area contributed by atoms with Crippen molar-refractivity contribution in [1.29, 1.82) is 0 Å². The van der Waals surface area contributed by atoms with Crippen molar-refractivity contribution in [1.82, 2.24) is 9.88 Å². The third kappa shape index (κ3) is 5.06. The third-order valence-corrected chi connectivity index (χ3v) is 3.06. The zero-order valence-corrected chi connectivity index (χ0v) is 11.6. The first-order valence-corrected chi connectivity index (χ1v) is 6.73. The van der Waals surface area contributed by atoms with Gasteiger partial charge in [-0.2, -0.15) is 13.2 Å². The Morgan fingerprint density at radius 3 is 2.86 bits per heavy atom. The van der Waals surface area contributed by atoms with E-state index >= 15 is 0 Å². The predicted octanol–water partition coefficient (Wildman–Crippen LogP) is 2.01. The average molecular weight is 319 g/mol. The summed E-state index contributed by atoms with van der Waals surface area (Å²) in [5.41, 5.74) is 0.337. The van der Waals surface area contributed by atoms with Crippen LogP contribution in [0.3, 0.4) is 0 Å².